The average molecular weight is 410 g/mol. The Morgan fingerprint density at radius 3 is 2.78 bits per heavy atom. The zero-order valence-corrected chi connectivity index (χ0v) is 17.1. The lowest BCUT2D eigenvalue weighted by molar-refractivity contribution is -0.117. The molecule has 0 saturated heterocycles. The smallest absolute Gasteiger partial charge is 0.327 e. The maximum atomic E-state index is 12.5. The summed E-state index contributed by atoms with van der Waals surface area (Å²) < 4.78 is 15.3. The Bertz CT molecular complexity index is 752. The molecular formula is C17H23N4O4PS. The largest absolute Gasteiger partial charge is 0.383 e. The first-order chi connectivity index (χ1) is 12.9. The van der Waals surface area contributed by atoms with E-state index in [4.69, 9.17) is 10.3 Å². The van der Waals surface area contributed by atoms with E-state index >= 15 is 0 Å². The zero-order valence-electron chi connectivity index (χ0n) is 15.4. The van der Waals surface area contributed by atoms with Gasteiger partial charge in [-0.1, -0.05) is 18.2 Å². The number of nitrogen functional groups attached to an aromatic ring is 1. The second kappa shape index (κ2) is 10.5. The van der Waals surface area contributed by atoms with Crippen LogP contribution in [-0.2, 0) is 25.2 Å². The fourth-order valence-corrected chi connectivity index (χ4v) is 3.67. The van der Waals surface area contributed by atoms with Crippen LogP contribution in [-0.4, -0.2) is 27.6 Å². The van der Waals surface area contributed by atoms with Gasteiger partial charge in [0.1, 0.15) is 11.6 Å². The highest BCUT2D eigenvalue weighted by Crippen LogP contribution is 2.35. The maximum absolute atomic E-state index is 12.5. The molecule has 1 heterocycles. The number of nitrogens with two attached hydrogens (primary N) is 1. The number of thioether (sulfide) groups is 1. The van der Waals surface area contributed by atoms with E-state index < -0.39 is 8.69 Å². The Morgan fingerprint density at radius 1 is 1.44 bits per heavy atom. The van der Waals surface area contributed by atoms with Crippen molar-refractivity contribution in [3.63, 3.8) is 0 Å². The van der Waals surface area contributed by atoms with Crippen LogP contribution in [0.4, 0.5) is 5.82 Å². The molecule has 1 saturated carbocycles. The fourth-order valence-electron chi connectivity index (χ4n) is 2.42. The molecule has 8 nitrogen and oxygen atoms in total. The molecule has 0 bridgehead atoms. The van der Waals surface area contributed by atoms with Crippen LogP contribution in [0.3, 0.4) is 0 Å². The monoisotopic (exact) mass is 410 g/mol. The number of amides is 1. The first-order valence-electron chi connectivity index (χ1n) is 8.64. The zero-order chi connectivity index (χ0) is 19.8. The number of aryl methyl sites for hydroxylation is 1. The molecule has 1 aliphatic carbocycles. The van der Waals surface area contributed by atoms with Crippen molar-refractivity contribution in [2.45, 2.75) is 46.1 Å². The van der Waals surface area contributed by atoms with Gasteiger partial charge in [0.05, 0.1) is 6.61 Å². The van der Waals surface area contributed by atoms with Gasteiger partial charge in [-0.25, -0.2) is 14.5 Å². The van der Waals surface area contributed by atoms with Crippen LogP contribution >= 0.6 is 20.4 Å². The van der Waals surface area contributed by atoms with Crippen LogP contribution in [0.15, 0.2) is 16.7 Å². The second-order valence-corrected chi connectivity index (χ2v) is 7.77. The molecule has 0 spiro atoms. The van der Waals surface area contributed by atoms with Gasteiger partial charge in [-0.3, -0.25) is 14.1 Å². The molecule has 2 rings (SSSR count). The number of hydrogen-bond acceptors (Lipinski definition) is 8. The van der Waals surface area contributed by atoms with Gasteiger partial charge in [-0.15, -0.1) is 0 Å². The highest BCUT2D eigenvalue weighted by Gasteiger charge is 2.27. The quantitative estimate of drug-likeness (QED) is 0.362. The van der Waals surface area contributed by atoms with Crippen LogP contribution in [0.5, 0.6) is 0 Å². The molecule has 3 N–H and O–H groups in total. The number of nitrogens with zero attached hydrogens (tertiary/aromatic N) is 2. The maximum Gasteiger partial charge on any atom is 0.327 e. The first kappa shape index (κ1) is 21.5. The third kappa shape index (κ3) is 6.37. The van der Waals surface area contributed by atoms with E-state index in [1.54, 1.807) is 20.0 Å². The lowest BCUT2D eigenvalue weighted by atomic mass is 9.87. The molecule has 10 heteroatoms. The van der Waals surface area contributed by atoms with Gasteiger partial charge < -0.3 is 11.1 Å². The van der Waals surface area contributed by atoms with Gasteiger partial charge in [0.15, 0.2) is 5.12 Å². The van der Waals surface area contributed by atoms with Crippen molar-refractivity contribution in [1.82, 2.24) is 15.3 Å². The minimum atomic E-state index is -0.424. The summed E-state index contributed by atoms with van der Waals surface area (Å²) in [6.45, 7) is 3.74. The number of carbonyl (C=O) groups is 2. The molecule has 0 atom stereocenters. The minimum Gasteiger partial charge on any atom is -0.383 e. The van der Waals surface area contributed by atoms with Crippen LogP contribution in [0.25, 0.3) is 0 Å². The number of rotatable bonds is 9. The molecule has 0 aromatic carbocycles. The van der Waals surface area contributed by atoms with E-state index in [0.717, 1.165) is 31.0 Å². The predicted octanol–water partition coefficient (Wildman–Crippen LogP) is 2.93. The summed E-state index contributed by atoms with van der Waals surface area (Å²) in [6.07, 6.45) is 4.77. The molecule has 1 aliphatic rings. The first-order valence-corrected chi connectivity index (χ1v) is 10.2. The van der Waals surface area contributed by atoms with E-state index in [9.17, 15) is 14.2 Å². The van der Waals surface area contributed by atoms with Crippen molar-refractivity contribution in [2.24, 2.45) is 5.92 Å². The number of hydrogen-bond donors (Lipinski definition) is 2. The molecule has 1 aromatic rings. The molecule has 1 aromatic heterocycles. The van der Waals surface area contributed by atoms with Gasteiger partial charge in [0.25, 0.3) is 0 Å². The lowest BCUT2D eigenvalue weighted by Crippen LogP contribution is -2.26. The van der Waals surface area contributed by atoms with Gasteiger partial charge >= 0.3 is 8.69 Å². The Morgan fingerprint density at radius 2 is 2.19 bits per heavy atom. The molecule has 0 radical (unpaired) electrons. The van der Waals surface area contributed by atoms with Crippen molar-refractivity contribution in [3.05, 3.63) is 28.1 Å². The van der Waals surface area contributed by atoms with Gasteiger partial charge in [-0.2, -0.15) is 0 Å². The number of nitrogens with one attached hydrogen (secondary N) is 1. The third-order valence-electron chi connectivity index (χ3n) is 4.35. The van der Waals surface area contributed by atoms with Crippen LogP contribution in [0.1, 0.15) is 44.0 Å². The minimum absolute atomic E-state index is 0.0592. The van der Waals surface area contributed by atoms with Crippen LogP contribution in [0.2, 0.25) is 0 Å². The summed E-state index contributed by atoms with van der Waals surface area (Å²) in [5.74, 6) is 0.633. The van der Waals surface area contributed by atoms with Crippen molar-refractivity contribution in [3.8, 4) is 0 Å². The summed E-state index contributed by atoms with van der Waals surface area (Å²) in [7, 11) is -0.424. The van der Waals surface area contributed by atoms with E-state index in [2.05, 4.69) is 15.3 Å². The van der Waals surface area contributed by atoms with Gasteiger partial charge in [0.2, 0.25) is 5.91 Å². The fraction of sp³-hybridized carbons (Fsp3) is 0.529. The third-order valence-corrected chi connectivity index (χ3v) is 5.93. The van der Waals surface area contributed by atoms with Crippen LogP contribution < -0.4 is 11.1 Å². The molecule has 0 aliphatic heterocycles. The van der Waals surface area contributed by atoms with E-state index in [1.165, 1.54) is 0 Å². The standard InChI is InChI=1S/C17H23N4O4PS/c1-10(16(22)20-9-13-8-19-11(2)21-15(13)18)14(6-7-25-26-24)27-17(23)12-4-3-5-12/h8,12H,3-7,9H2,1-2H3,(H,20,22)(H2,18,19,21)/b14-10-. The highest BCUT2D eigenvalue weighted by molar-refractivity contribution is 8.17. The van der Waals surface area contributed by atoms with Crippen molar-refractivity contribution in [1.29, 1.82) is 0 Å². The number of carbonyl (C=O) groups excluding carboxylic acids is 2. The Labute approximate surface area is 164 Å². The number of aromatic nitrogens is 2. The number of anilines is 1. The molecule has 146 valence electrons. The van der Waals surface area contributed by atoms with E-state index in [-0.39, 0.29) is 30.1 Å². The molecule has 1 amide bonds. The van der Waals surface area contributed by atoms with Crippen molar-refractivity contribution < 1.29 is 18.7 Å². The molecule has 0 unspecified atom stereocenters. The second-order valence-electron chi connectivity index (χ2n) is 6.27. The SMILES string of the molecule is C/C(C(=O)NCc1cnc(C)nc1N)=C(\CCOP=O)SC(=O)C1CCC1. The van der Waals surface area contributed by atoms with E-state index in [0.29, 0.717) is 34.1 Å². The molecule has 1 fully saturated rings. The van der Waals surface area contributed by atoms with Gasteiger partial charge in [0, 0.05) is 41.1 Å². The topological polar surface area (TPSA) is 124 Å². The summed E-state index contributed by atoms with van der Waals surface area (Å²) in [5, 5.41) is 2.84. The van der Waals surface area contributed by atoms with Gasteiger partial charge in [-0.05, 0) is 26.7 Å². The average Bonchev–Trinajstić information content (AvgIpc) is 2.57. The highest BCUT2D eigenvalue weighted by atomic mass is 32.2. The van der Waals surface area contributed by atoms with Crippen molar-refractivity contribution in [2.75, 3.05) is 12.3 Å². The summed E-state index contributed by atoms with van der Waals surface area (Å²) in [6, 6.07) is 0. The summed E-state index contributed by atoms with van der Waals surface area (Å²) in [5.41, 5.74) is 6.89. The molecular weight excluding hydrogens is 387 g/mol. The lowest BCUT2D eigenvalue weighted by Gasteiger charge is -2.24. The Kier molecular flexibility index (Phi) is 8.34. The van der Waals surface area contributed by atoms with E-state index in [1.807, 2.05) is 0 Å². The Balaban J connectivity index is 2.04. The Hall–Kier alpha value is -1.83. The summed E-state index contributed by atoms with van der Waals surface area (Å²) >= 11 is 1.09. The predicted molar refractivity (Wildman–Crippen MR) is 104 cm³/mol. The van der Waals surface area contributed by atoms with Crippen LogP contribution in [0, 0.1) is 12.8 Å². The molecule has 27 heavy (non-hydrogen) atoms. The summed E-state index contributed by atoms with van der Waals surface area (Å²) in [4.78, 5) is 33.6. The van der Waals surface area contributed by atoms with Crippen molar-refractivity contribution >= 4 is 37.3 Å². The normalized spacial score (nSPS) is 15.2.